The lowest BCUT2D eigenvalue weighted by Crippen LogP contribution is -2.41. The molecular formula is C31H32ClF2N3O2S. The van der Waals surface area contributed by atoms with E-state index in [1.807, 2.05) is 42.3 Å². The number of rotatable bonds is 8. The van der Waals surface area contributed by atoms with Gasteiger partial charge in [-0.05, 0) is 79.1 Å². The molecule has 2 aromatic heterocycles. The van der Waals surface area contributed by atoms with Crippen molar-refractivity contribution in [3.05, 3.63) is 75.8 Å². The van der Waals surface area contributed by atoms with Crippen molar-refractivity contribution >= 4 is 44.7 Å². The van der Waals surface area contributed by atoms with Gasteiger partial charge in [0, 0.05) is 31.4 Å². The summed E-state index contributed by atoms with van der Waals surface area (Å²) in [5, 5.41) is 2.99. The zero-order valence-corrected chi connectivity index (χ0v) is 24.3. The first-order chi connectivity index (χ1) is 19.3. The number of halogens is 3. The number of hydrogen-bond acceptors (Lipinski definition) is 5. The maximum absolute atomic E-state index is 14.7. The molecule has 1 fully saturated rings. The van der Waals surface area contributed by atoms with Crippen molar-refractivity contribution in [3.63, 3.8) is 0 Å². The first kappa shape index (κ1) is 28.3. The number of amides is 1. The second kappa shape index (κ2) is 12.1. The highest BCUT2D eigenvalue weighted by molar-refractivity contribution is 7.21. The topological polar surface area (TPSA) is 54.5 Å². The third-order valence-corrected chi connectivity index (χ3v) is 9.62. The Morgan fingerprint density at radius 1 is 1.10 bits per heavy atom. The molecule has 1 N–H and O–H groups in total. The van der Waals surface area contributed by atoms with Crippen LogP contribution in [-0.4, -0.2) is 36.0 Å². The number of ether oxygens (including phenoxy) is 1. The Balaban J connectivity index is 1.56. The van der Waals surface area contributed by atoms with Crippen molar-refractivity contribution < 1.29 is 18.3 Å². The molecule has 0 bridgehead atoms. The van der Waals surface area contributed by atoms with Crippen LogP contribution in [0.4, 0.5) is 14.6 Å². The lowest BCUT2D eigenvalue weighted by Gasteiger charge is -2.37. The summed E-state index contributed by atoms with van der Waals surface area (Å²) >= 11 is 7.48. The summed E-state index contributed by atoms with van der Waals surface area (Å²) in [6.45, 7) is 2.47. The number of nitrogens with one attached hydrogen (secondary N) is 1. The highest BCUT2D eigenvalue weighted by atomic mass is 35.5. The molecular weight excluding hydrogens is 552 g/mol. The maximum atomic E-state index is 14.7. The Kier molecular flexibility index (Phi) is 8.57. The molecule has 0 atom stereocenters. The zero-order chi connectivity index (χ0) is 28.4. The van der Waals surface area contributed by atoms with E-state index in [-0.39, 0.29) is 38.5 Å². The van der Waals surface area contributed by atoms with Crippen LogP contribution in [0.3, 0.4) is 0 Å². The summed E-state index contributed by atoms with van der Waals surface area (Å²) in [6.07, 6.45) is 6.61. The van der Waals surface area contributed by atoms with Gasteiger partial charge in [-0.25, -0.2) is 13.8 Å². The molecule has 9 heteroatoms. The molecule has 0 saturated heterocycles. The Labute approximate surface area is 242 Å². The van der Waals surface area contributed by atoms with Crippen molar-refractivity contribution in [2.75, 3.05) is 19.5 Å². The zero-order valence-electron chi connectivity index (χ0n) is 22.8. The van der Waals surface area contributed by atoms with Crippen molar-refractivity contribution in [1.82, 2.24) is 9.88 Å². The number of aromatic nitrogens is 1. The largest absolute Gasteiger partial charge is 0.496 e. The first-order valence-electron chi connectivity index (χ1n) is 13.5. The molecule has 1 amide bonds. The van der Waals surface area contributed by atoms with Gasteiger partial charge in [-0.2, -0.15) is 0 Å². The van der Waals surface area contributed by atoms with Gasteiger partial charge >= 0.3 is 0 Å². The van der Waals surface area contributed by atoms with Crippen LogP contribution in [0.15, 0.2) is 48.7 Å². The summed E-state index contributed by atoms with van der Waals surface area (Å²) < 4.78 is 35.0. The number of anilines is 1. The fourth-order valence-corrected chi connectivity index (χ4v) is 7.11. The van der Waals surface area contributed by atoms with Gasteiger partial charge in [-0.3, -0.25) is 4.79 Å². The Bertz CT molecular complexity index is 1530. The van der Waals surface area contributed by atoms with Crippen LogP contribution in [0.25, 0.3) is 21.2 Å². The second-order valence-corrected chi connectivity index (χ2v) is 11.6. The van der Waals surface area contributed by atoms with Gasteiger partial charge in [0.25, 0.3) is 5.91 Å². The second-order valence-electron chi connectivity index (χ2n) is 10.2. The normalized spacial score (nSPS) is 17.1. The minimum Gasteiger partial charge on any atom is -0.496 e. The number of hydrogen-bond donors (Lipinski definition) is 1. The molecule has 5 nitrogen and oxygen atoms in total. The van der Waals surface area contributed by atoms with Crippen molar-refractivity contribution in [1.29, 1.82) is 0 Å². The predicted molar refractivity (Wildman–Crippen MR) is 158 cm³/mol. The standard InChI is InChI=1S/C31H32ClF2N3O2S/c1-4-18-5-8-22(9-6-18)37(31(38)30-28(32)27-23(33)10-11-24(34)29(27)40-30)17-21-15-19(7-12-25(21)39-3)20-13-14-36-26(16-20)35-2/h7,10-16,18,22H,4-6,8-9,17H2,1-3H3,(H,35,36). The molecule has 210 valence electrons. The minimum absolute atomic E-state index is 0.0311. The molecule has 1 aliphatic rings. The van der Waals surface area contributed by atoms with E-state index in [2.05, 4.69) is 17.2 Å². The molecule has 1 aliphatic carbocycles. The minimum atomic E-state index is -0.639. The van der Waals surface area contributed by atoms with Gasteiger partial charge in [0.1, 0.15) is 28.1 Å². The third kappa shape index (κ3) is 5.52. The van der Waals surface area contributed by atoms with Gasteiger partial charge in [0.2, 0.25) is 0 Å². The molecule has 0 aliphatic heterocycles. The van der Waals surface area contributed by atoms with E-state index >= 15 is 0 Å². The number of thiophene rings is 1. The van der Waals surface area contributed by atoms with Crippen LogP contribution in [-0.2, 0) is 6.54 Å². The highest BCUT2D eigenvalue weighted by Crippen LogP contribution is 2.41. The van der Waals surface area contributed by atoms with Crippen LogP contribution in [0, 0.1) is 17.6 Å². The number of carbonyl (C=O) groups excluding carboxylic acids is 1. The first-order valence-corrected chi connectivity index (χ1v) is 14.7. The van der Waals surface area contributed by atoms with Crippen LogP contribution in [0.5, 0.6) is 5.75 Å². The molecule has 4 aromatic rings. The fourth-order valence-electron chi connectivity index (χ4n) is 5.61. The molecule has 0 unspecified atom stereocenters. The SMILES string of the molecule is CCC1CCC(N(Cc2cc(-c3ccnc(NC)c3)ccc2OC)C(=O)c2sc3c(F)ccc(F)c3c2Cl)CC1. The van der Waals surface area contributed by atoms with E-state index in [0.717, 1.165) is 78.1 Å². The van der Waals surface area contributed by atoms with E-state index in [1.54, 1.807) is 13.3 Å². The van der Waals surface area contributed by atoms with Gasteiger partial charge in [-0.1, -0.05) is 31.0 Å². The smallest absolute Gasteiger partial charge is 0.266 e. The van der Waals surface area contributed by atoms with Crippen LogP contribution < -0.4 is 10.1 Å². The molecule has 0 spiro atoms. The monoisotopic (exact) mass is 583 g/mol. The molecule has 5 rings (SSSR count). The lowest BCUT2D eigenvalue weighted by atomic mass is 9.83. The third-order valence-electron chi connectivity index (χ3n) is 7.94. The Hall–Kier alpha value is -3.23. The number of methoxy groups -OCH3 is 1. The number of nitrogens with zero attached hydrogens (tertiary/aromatic N) is 2. The van der Waals surface area contributed by atoms with Crippen molar-refractivity contribution in [3.8, 4) is 16.9 Å². The van der Waals surface area contributed by atoms with Crippen molar-refractivity contribution in [2.45, 2.75) is 51.6 Å². The number of pyridine rings is 1. The van der Waals surface area contributed by atoms with E-state index in [9.17, 15) is 13.6 Å². The summed E-state index contributed by atoms with van der Waals surface area (Å²) in [6, 6.07) is 11.9. The van der Waals surface area contributed by atoms with Crippen LogP contribution in [0.1, 0.15) is 54.3 Å². The average molecular weight is 584 g/mol. The molecule has 40 heavy (non-hydrogen) atoms. The predicted octanol–water partition coefficient (Wildman–Crippen LogP) is 8.56. The average Bonchev–Trinajstić information content (AvgIpc) is 3.35. The summed E-state index contributed by atoms with van der Waals surface area (Å²) in [7, 11) is 3.43. The van der Waals surface area contributed by atoms with E-state index < -0.39 is 11.6 Å². The van der Waals surface area contributed by atoms with Gasteiger partial charge in [0.05, 0.1) is 22.2 Å². The quantitative estimate of drug-likeness (QED) is 0.226. The van der Waals surface area contributed by atoms with E-state index in [1.165, 1.54) is 0 Å². The molecule has 1 saturated carbocycles. The lowest BCUT2D eigenvalue weighted by molar-refractivity contribution is 0.0591. The summed E-state index contributed by atoms with van der Waals surface area (Å²) in [5.74, 6) is 0.489. The van der Waals surface area contributed by atoms with Crippen LogP contribution in [0.2, 0.25) is 5.02 Å². The van der Waals surface area contributed by atoms with Gasteiger partial charge in [-0.15, -0.1) is 11.3 Å². The highest BCUT2D eigenvalue weighted by Gasteiger charge is 2.33. The van der Waals surface area contributed by atoms with Gasteiger partial charge in [0.15, 0.2) is 0 Å². The number of carbonyl (C=O) groups is 1. The molecule has 2 aromatic carbocycles. The van der Waals surface area contributed by atoms with E-state index in [4.69, 9.17) is 16.3 Å². The number of benzene rings is 2. The Morgan fingerprint density at radius 2 is 1.82 bits per heavy atom. The van der Waals surface area contributed by atoms with Gasteiger partial charge < -0.3 is 15.0 Å². The fraction of sp³-hybridized carbons (Fsp3) is 0.355. The van der Waals surface area contributed by atoms with Crippen molar-refractivity contribution in [2.24, 2.45) is 5.92 Å². The maximum Gasteiger partial charge on any atom is 0.266 e. The van der Waals surface area contributed by atoms with Crippen LogP contribution >= 0.6 is 22.9 Å². The summed E-state index contributed by atoms with van der Waals surface area (Å²) in [5.41, 5.74) is 2.77. The number of fused-ring (bicyclic) bond motifs is 1. The molecule has 0 radical (unpaired) electrons. The summed E-state index contributed by atoms with van der Waals surface area (Å²) in [4.78, 5) is 20.5. The van der Waals surface area contributed by atoms with E-state index in [0.29, 0.717) is 11.7 Å². The molecule has 2 heterocycles. The Morgan fingerprint density at radius 3 is 2.50 bits per heavy atom.